The minimum absolute atomic E-state index is 0.00919. The highest BCUT2D eigenvalue weighted by molar-refractivity contribution is 7.92. The molecule has 1 saturated heterocycles. The number of amides is 1. The van der Waals surface area contributed by atoms with Crippen molar-refractivity contribution in [2.75, 3.05) is 42.1 Å². The predicted octanol–water partition coefficient (Wildman–Crippen LogP) is 2.10. The highest BCUT2D eigenvalue weighted by Gasteiger charge is 2.21. The van der Waals surface area contributed by atoms with Crippen molar-refractivity contribution in [2.45, 2.75) is 19.8 Å². The van der Waals surface area contributed by atoms with E-state index >= 15 is 0 Å². The van der Waals surface area contributed by atoms with Crippen molar-refractivity contribution in [1.29, 1.82) is 0 Å². The largest absolute Gasteiger partial charge is 0.346 e. The van der Waals surface area contributed by atoms with Crippen LogP contribution in [0.4, 0.5) is 10.8 Å². The van der Waals surface area contributed by atoms with Crippen LogP contribution in [0.3, 0.4) is 0 Å². The fourth-order valence-corrected chi connectivity index (χ4v) is 4.55. The van der Waals surface area contributed by atoms with Gasteiger partial charge in [0.25, 0.3) is 0 Å². The van der Waals surface area contributed by atoms with Crippen LogP contribution in [0.1, 0.15) is 17.7 Å². The molecule has 0 radical (unpaired) electrons. The molecule has 7 nitrogen and oxygen atoms in total. The van der Waals surface area contributed by atoms with E-state index in [2.05, 4.69) is 14.6 Å². The van der Waals surface area contributed by atoms with Crippen LogP contribution < -0.4 is 9.62 Å². The Balaban J connectivity index is 1.65. The highest BCUT2D eigenvalue weighted by Crippen LogP contribution is 2.22. The zero-order valence-electron chi connectivity index (χ0n) is 15.5. The lowest BCUT2D eigenvalue weighted by Crippen LogP contribution is -2.36. The van der Waals surface area contributed by atoms with Crippen LogP contribution in [0.5, 0.6) is 0 Å². The highest BCUT2D eigenvalue weighted by atomic mass is 32.2. The molecule has 0 bridgehead atoms. The lowest BCUT2D eigenvalue weighted by molar-refractivity contribution is -0.130. The average molecular weight is 409 g/mol. The number of aromatic nitrogens is 1. The topological polar surface area (TPSA) is 82.6 Å². The van der Waals surface area contributed by atoms with Crippen molar-refractivity contribution < 1.29 is 13.2 Å². The number of para-hydroxylation sites is 1. The van der Waals surface area contributed by atoms with Gasteiger partial charge >= 0.3 is 0 Å². The molecule has 1 aliphatic heterocycles. The molecule has 0 aliphatic carbocycles. The number of carbonyl (C=O) groups excluding carboxylic acids is 1. The molecule has 1 aliphatic rings. The normalized spacial score (nSPS) is 15.5. The van der Waals surface area contributed by atoms with E-state index in [1.54, 1.807) is 29.5 Å². The maximum atomic E-state index is 12.8. The van der Waals surface area contributed by atoms with Crippen molar-refractivity contribution in [3.63, 3.8) is 0 Å². The van der Waals surface area contributed by atoms with E-state index in [4.69, 9.17) is 0 Å². The molecule has 9 heteroatoms. The first kappa shape index (κ1) is 19.6. The molecule has 2 heterocycles. The first-order chi connectivity index (χ1) is 12.8. The first-order valence-corrected chi connectivity index (χ1v) is 11.6. The van der Waals surface area contributed by atoms with Crippen LogP contribution in [0, 0.1) is 6.92 Å². The van der Waals surface area contributed by atoms with Crippen LogP contribution in [0.25, 0.3) is 0 Å². The number of sulfonamides is 1. The van der Waals surface area contributed by atoms with Gasteiger partial charge in [-0.15, -0.1) is 11.3 Å². The summed E-state index contributed by atoms with van der Waals surface area (Å²) in [4.78, 5) is 21.4. The summed E-state index contributed by atoms with van der Waals surface area (Å²) in [6.45, 7) is 4.95. The third kappa shape index (κ3) is 5.43. The number of thiazole rings is 1. The molecule has 1 fully saturated rings. The maximum absolute atomic E-state index is 12.8. The second-order valence-electron chi connectivity index (χ2n) is 6.70. The number of nitrogens with one attached hydrogen (secondary N) is 1. The molecule has 2 aromatic rings. The molecule has 0 saturated carbocycles. The number of anilines is 2. The fourth-order valence-electron chi connectivity index (χ4n) is 3.09. The van der Waals surface area contributed by atoms with Crippen LogP contribution in [-0.2, 0) is 21.2 Å². The molecule has 1 N–H and O–H groups in total. The summed E-state index contributed by atoms with van der Waals surface area (Å²) in [5, 5.41) is 3.04. The number of aryl methyl sites for hydroxylation is 1. The summed E-state index contributed by atoms with van der Waals surface area (Å²) in [6.07, 6.45) is 2.16. The van der Waals surface area contributed by atoms with Gasteiger partial charge in [-0.05, 0) is 25.0 Å². The molecule has 3 rings (SSSR count). The molecule has 27 heavy (non-hydrogen) atoms. The van der Waals surface area contributed by atoms with E-state index in [0.717, 1.165) is 36.6 Å². The Hall–Kier alpha value is -2.13. The zero-order valence-corrected chi connectivity index (χ0v) is 17.1. The average Bonchev–Trinajstić information content (AvgIpc) is 2.88. The fraction of sp³-hybridized carbons (Fsp3) is 0.444. The molecule has 146 valence electrons. The molecular formula is C18H24N4O3S2. The van der Waals surface area contributed by atoms with Gasteiger partial charge in [0.15, 0.2) is 5.13 Å². The van der Waals surface area contributed by atoms with Gasteiger partial charge in [0.05, 0.1) is 24.1 Å². The number of nitrogens with zero attached hydrogens (tertiary/aromatic N) is 3. The van der Waals surface area contributed by atoms with E-state index in [0.29, 0.717) is 24.3 Å². The minimum atomic E-state index is -3.39. The summed E-state index contributed by atoms with van der Waals surface area (Å²) in [5.74, 6) is 0.00919. The monoisotopic (exact) mass is 408 g/mol. The molecule has 1 amide bonds. The SMILES string of the molecule is Cc1csc(N2CCCN(C(=O)Cc3ccccc3NS(C)(=O)=O)CC2)n1. The van der Waals surface area contributed by atoms with E-state index < -0.39 is 10.0 Å². The Labute approximate surface area is 164 Å². The molecule has 0 spiro atoms. The molecule has 1 aromatic heterocycles. The summed E-state index contributed by atoms with van der Waals surface area (Å²) >= 11 is 1.63. The third-order valence-electron chi connectivity index (χ3n) is 4.38. The van der Waals surface area contributed by atoms with Crippen molar-refractivity contribution in [3.8, 4) is 0 Å². The smallest absolute Gasteiger partial charge is 0.229 e. The van der Waals surface area contributed by atoms with Crippen LogP contribution in [-0.4, -0.2) is 56.6 Å². The second kappa shape index (κ2) is 8.26. The van der Waals surface area contributed by atoms with Gasteiger partial charge in [-0.25, -0.2) is 13.4 Å². The molecule has 0 unspecified atom stereocenters. The Morgan fingerprint density at radius 1 is 1.22 bits per heavy atom. The lowest BCUT2D eigenvalue weighted by atomic mass is 10.1. The Morgan fingerprint density at radius 2 is 2.00 bits per heavy atom. The maximum Gasteiger partial charge on any atom is 0.229 e. The minimum Gasteiger partial charge on any atom is -0.346 e. The summed E-state index contributed by atoms with van der Waals surface area (Å²) in [6, 6.07) is 7.03. The Bertz CT molecular complexity index is 911. The van der Waals surface area contributed by atoms with Crippen molar-refractivity contribution in [1.82, 2.24) is 9.88 Å². The number of hydrogen-bond acceptors (Lipinski definition) is 6. The van der Waals surface area contributed by atoms with Gasteiger partial charge in [0, 0.05) is 31.6 Å². The van der Waals surface area contributed by atoms with Gasteiger partial charge in [-0.1, -0.05) is 18.2 Å². The van der Waals surface area contributed by atoms with E-state index in [1.165, 1.54) is 0 Å². The quantitative estimate of drug-likeness (QED) is 0.819. The van der Waals surface area contributed by atoms with Crippen molar-refractivity contribution >= 4 is 38.1 Å². The Morgan fingerprint density at radius 3 is 2.70 bits per heavy atom. The van der Waals surface area contributed by atoms with Crippen molar-refractivity contribution in [3.05, 3.63) is 40.9 Å². The number of rotatable bonds is 5. The van der Waals surface area contributed by atoms with Crippen LogP contribution >= 0.6 is 11.3 Å². The molecular weight excluding hydrogens is 384 g/mol. The summed E-state index contributed by atoms with van der Waals surface area (Å²) in [5.41, 5.74) is 2.16. The standard InChI is InChI=1S/C18H24N4O3S2/c1-14-13-26-18(19-14)22-9-5-8-21(10-11-22)17(23)12-15-6-3-4-7-16(15)20-27(2,24)25/h3-4,6-7,13,20H,5,8-12H2,1-2H3. The predicted molar refractivity (Wildman–Crippen MR) is 109 cm³/mol. The second-order valence-corrected chi connectivity index (χ2v) is 9.29. The van der Waals surface area contributed by atoms with Gasteiger partial charge in [-0.2, -0.15) is 0 Å². The number of benzene rings is 1. The van der Waals surface area contributed by atoms with E-state index in [-0.39, 0.29) is 12.3 Å². The number of carbonyl (C=O) groups is 1. The van der Waals surface area contributed by atoms with Gasteiger partial charge < -0.3 is 9.80 Å². The Kier molecular flexibility index (Phi) is 6.01. The zero-order chi connectivity index (χ0) is 19.4. The van der Waals surface area contributed by atoms with Crippen molar-refractivity contribution in [2.24, 2.45) is 0 Å². The summed E-state index contributed by atoms with van der Waals surface area (Å²) < 4.78 is 25.6. The van der Waals surface area contributed by atoms with E-state index in [1.807, 2.05) is 23.3 Å². The third-order valence-corrected chi connectivity index (χ3v) is 5.99. The molecule has 1 aromatic carbocycles. The van der Waals surface area contributed by atoms with Gasteiger partial charge in [0.2, 0.25) is 15.9 Å². The summed E-state index contributed by atoms with van der Waals surface area (Å²) in [7, 11) is -3.39. The van der Waals surface area contributed by atoms with Gasteiger partial charge in [0.1, 0.15) is 0 Å². The molecule has 0 atom stereocenters. The van der Waals surface area contributed by atoms with Crippen LogP contribution in [0.15, 0.2) is 29.6 Å². The first-order valence-electron chi connectivity index (χ1n) is 8.82. The van der Waals surface area contributed by atoms with Gasteiger partial charge in [-0.3, -0.25) is 9.52 Å². The lowest BCUT2D eigenvalue weighted by Gasteiger charge is -2.22. The number of hydrogen-bond donors (Lipinski definition) is 1. The van der Waals surface area contributed by atoms with Crippen LogP contribution in [0.2, 0.25) is 0 Å². The van der Waals surface area contributed by atoms with E-state index in [9.17, 15) is 13.2 Å².